The van der Waals surface area contributed by atoms with Gasteiger partial charge in [-0.15, -0.1) is 0 Å². The molecule has 0 bridgehead atoms. The number of ether oxygens (including phenoxy) is 2. The Balaban J connectivity index is 3.71. The molecule has 0 spiro atoms. The van der Waals surface area contributed by atoms with E-state index in [2.05, 4.69) is 0 Å². The molecule has 0 amide bonds. The minimum atomic E-state index is -0.612. The Morgan fingerprint density at radius 1 is 1.45 bits per heavy atom. The average molecular weight is 272 g/mol. The summed E-state index contributed by atoms with van der Waals surface area (Å²) in [6, 6.07) is 0. The van der Waals surface area contributed by atoms with Gasteiger partial charge in [0.25, 0.3) is 0 Å². The van der Waals surface area contributed by atoms with Crippen LogP contribution in [0.3, 0.4) is 0 Å². The zero-order chi connectivity index (χ0) is 9.07. The van der Waals surface area contributed by atoms with Crippen molar-refractivity contribution in [1.29, 1.82) is 0 Å². The minimum Gasteiger partial charge on any atom is -0.429 e. The summed E-state index contributed by atoms with van der Waals surface area (Å²) in [6.45, 7) is 7.16. The first-order valence-corrected chi connectivity index (χ1v) is 4.59. The van der Waals surface area contributed by atoms with Crippen molar-refractivity contribution < 1.29 is 14.3 Å². The maximum absolute atomic E-state index is 10.8. The van der Waals surface area contributed by atoms with Crippen LogP contribution in [0.2, 0.25) is 0 Å². The molecule has 0 aliphatic carbocycles. The molecular weight excluding hydrogens is 259 g/mol. The Hall–Kier alpha value is 0. The molecule has 0 N–H and O–H groups in total. The normalized spacial score (nSPS) is 13.9. The molecule has 0 fully saturated rings. The molecular formula is C7H13IO3. The third-order valence-electron chi connectivity index (χ3n) is 0.648. The van der Waals surface area contributed by atoms with Gasteiger partial charge in [0, 0.05) is 0 Å². The van der Waals surface area contributed by atoms with Crippen molar-refractivity contribution in [2.45, 2.75) is 37.4 Å². The van der Waals surface area contributed by atoms with E-state index < -0.39 is 11.8 Å². The lowest BCUT2D eigenvalue weighted by Gasteiger charge is -2.19. The highest BCUT2D eigenvalue weighted by Crippen LogP contribution is 2.10. The molecule has 66 valence electrons. The van der Waals surface area contributed by atoms with Crippen LogP contribution in [0.25, 0.3) is 0 Å². The van der Waals surface area contributed by atoms with E-state index in [0.29, 0.717) is 0 Å². The first kappa shape index (κ1) is 11.0. The van der Waals surface area contributed by atoms with E-state index in [0.717, 1.165) is 0 Å². The number of carbonyl (C=O) groups excluding carboxylic acids is 1. The summed E-state index contributed by atoms with van der Waals surface area (Å²) in [7, 11) is 0. The van der Waals surface area contributed by atoms with Crippen molar-refractivity contribution in [2.75, 3.05) is 0 Å². The monoisotopic (exact) mass is 272 g/mol. The quantitative estimate of drug-likeness (QED) is 0.418. The molecule has 0 saturated carbocycles. The van der Waals surface area contributed by atoms with Gasteiger partial charge in [0.05, 0.1) is 0 Å². The van der Waals surface area contributed by atoms with Crippen molar-refractivity contribution in [3.05, 3.63) is 0 Å². The van der Waals surface area contributed by atoms with Crippen molar-refractivity contribution in [3.63, 3.8) is 0 Å². The lowest BCUT2D eigenvalue weighted by atomic mass is 10.2. The summed E-state index contributed by atoms with van der Waals surface area (Å²) in [5.74, 6) is 0. The number of halogens is 1. The van der Waals surface area contributed by atoms with Crippen LogP contribution in [0.4, 0.5) is 4.79 Å². The summed E-state index contributed by atoms with van der Waals surface area (Å²) in [5, 5.41) is 0. The highest BCUT2D eigenvalue weighted by atomic mass is 127. The van der Waals surface area contributed by atoms with Crippen LogP contribution in [0.1, 0.15) is 27.7 Å². The third kappa shape index (κ3) is 7.90. The SMILES string of the molecule is CC(I)OC(=O)OC(C)(C)C. The molecule has 1 atom stereocenters. The lowest BCUT2D eigenvalue weighted by Crippen LogP contribution is -2.25. The maximum atomic E-state index is 10.8. The fourth-order valence-electron chi connectivity index (χ4n) is 0.407. The van der Waals surface area contributed by atoms with E-state index in [4.69, 9.17) is 9.47 Å². The number of rotatable bonds is 1. The van der Waals surface area contributed by atoms with E-state index in [-0.39, 0.29) is 4.11 Å². The van der Waals surface area contributed by atoms with Crippen molar-refractivity contribution in [1.82, 2.24) is 0 Å². The van der Waals surface area contributed by atoms with E-state index in [1.54, 1.807) is 27.7 Å². The Kier molecular flexibility index (Phi) is 4.13. The van der Waals surface area contributed by atoms with Gasteiger partial charge in [-0.1, -0.05) is 0 Å². The van der Waals surface area contributed by atoms with Gasteiger partial charge in [0.2, 0.25) is 0 Å². The molecule has 0 aliphatic rings. The fourth-order valence-corrected chi connectivity index (χ4v) is 0.614. The fraction of sp³-hybridized carbons (Fsp3) is 0.857. The predicted molar refractivity (Wildman–Crippen MR) is 50.8 cm³/mol. The van der Waals surface area contributed by atoms with E-state index in [9.17, 15) is 4.79 Å². The number of alkyl halides is 1. The summed E-state index contributed by atoms with van der Waals surface area (Å²) < 4.78 is 9.48. The maximum Gasteiger partial charge on any atom is 0.509 e. The molecule has 0 aromatic carbocycles. The van der Waals surface area contributed by atoms with Gasteiger partial charge in [-0.05, 0) is 50.3 Å². The summed E-state index contributed by atoms with van der Waals surface area (Å²) >= 11 is 1.99. The van der Waals surface area contributed by atoms with Crippen LogP contribution in [0, 0.1) is 0 Å². The second-order valence-corrected chi connectivity index (χ2v) is 4.88. The summed E-state index contributed by atoms with van der Waals surface area (Å²) in [4.78, 5) is 10.8. The second-order valence-electron chi connectivity index (χ2n) is 3.13. The van der Waals surface area contributed by atoms with Gasteiger partial charge in [0.1, 0.15) is 5.60 Å². The molecule has 11 heavy (non-hydrogen) atoms. The van der Waals surface area contributed by atoms with Crippen LogP contribution in [0.15, 0.2) is 0 Å². The molecule has 0 radical (unpaired) electrons. The van der Waals surface area contributed by atoms with E-state index >= 15 is 0 Å². The van der Waals surface area contributed by atoms with Crippen LogP contribution < -0.4 is 0 Å². The molecule has 0 saturated heterocycles. The minimum absolute atomic E-state index is 0.151. The average Bonchev–Trinajstić information content (AvgIpc) is 1.53. The molecule has 4 heteroatoms. The van der Waals surface area contributed by atoms with Gasteiger partial charge in [-0.2, -0.15) is 0 Å². The van der Waals surface area contributed by atoms with Gasteiger partial charge >= 0.3 is 6.16 Å². The van der Waals surface area contributed by atoms with Crippen LogP contribution in [-0.4, -0.2) is 15.9 Å². The smallest absolute Gasteiger partial charge is 0.429 e. The number of carbonyl (C=O) groups is 1. The zero-order valence-electron chi connectivity index (χ0n) is 7.18. The largest absolute Gasteiger partial charge is 0.509 e. The van der Waals surface area contributed by atoms with Crippen molar-refractivity contribution >= 4 is 28.7 Å². The van der Waals surface area contributed by atoms with Gasteiger partial charge in [0.15, 0.2) is 4.11 Å². The molecule has 0 aromatic heterocycles. The first-order chi connectivity index (χ1) is 4.81. The molecule has 0 heterocycles. The first-order valence-electron chi connectivity index (χ1n) is 3.35. The Morgan fingerprint density at radius 2 is 1.91 bits per heavy atom. The van der Waals surface area contributed by atoms with E-state index in [1.165, 1.54) is 0 Å². The second kappa shape index (κ2) is 4.13. The van der Waals surface area contributed by atoms with Crippen molar-refractivity contribution in [3.8, 4) is 0 Å². The molecule has 1 unspecified atom stereocenters. The van der Waals surface area contributed by atoms with E-state index in [1.807, 2.05) is 22.6 Å². The van der Waals surface area contributed by atoms with Gasteiger partial charge < -0.3 is 9.47 Å². The van der Waals surface area contributed by atoms with Gasteiger partial charge in [-0.25, -0.2) is 4.79 Å². The molecule has 0 aromatic rings. The third-order valence-corrected chi connectivity index (χ3v) is 0.902. The Bertz CT molecular complexity index is 137. The lowest BCUT2D eigenvalue weighted by molar-refractivity contribution is -0.00750. The standard InChI is InChI=1S/C7H13IO3/c1-5(8)10-6(9)11-7(2,3)4/h5H,1-4H3. The summed E-state index contributed by atoms with van der Waals surface area (Å²) in [6.07, 6.45) is -0.612. The topological polar surface area (TPSA) is 35.5 Å². The van der Waals surface area contributed by atoms with Crippen LogP contribution in [0.5, 0.6) is 0 Å². The van der Waals surface area contributed by atoms with Crippen molar-refractivity contribution in [2.24, 2.45) is 0 Å². The van der Waals surface area contributed by atoms with Crippen LogP contribution >= 0.6 is 22.6 Å². The predicted octanol–water partition coefficient (Wildman–Crippen LogP) is 2.72. The highest BCUT2D eigenvalue weighted by molar-refractivity contribution is 14.1. The molecule has 0 rings (SSSR count). The highest BCUT2D eigenvalue weighted by Gasteiger charge is 2.18. The Labute approximate surface area is 80.6 Å². The number of hydrogen-bond donors (Lipinski definition) is 0. The summed E-state index contributed by atoms with van der Waals surface area (Å²) in [5.41, 5.74) is -0.470. The number of hydrogen-bond acceptors (Lipinski definition) is 3. The van der Waals surface area contributed by atoms with Crippen LogP contribution in [-0.2, 0) is 9.47 Å². The molecule has 0 aliphatic heterocycles. The molecule has 3 nitrogen and oxygen atoms in total. The van der Waals surface area contributed by atoms with Gasteiger partial charge in [-0.3, -0.25) is 0 Å². The Morgan fingerprint density at radius 3 is 2.18 bits per heavy atom. The zero-order valence-corrected chi connectivity index (χ0v) is 9.34.